The lowest BCUT2D eigenvalue weighted by Gasteiger charge is -2.12. The summed E-state index contributed by atoms with van der Waals surface area (Å²) in [6.45, 7) is 5.85. The number of anilines is 2. The number of aryl methyl sites for hydroxylation is 3. The van der Waals surface area contributed by atoms with Gasteiger partial charge in [-0.05, 0) is 73.9 Å². The summed E-state index contributed by atoms with van der Waals surface area (Å²) in [5, 5.41) is 5.81. The van der Waals surface area contributed by atoms with E-state index in [4.69, 9.17) is 4.74 Å². The number of carbonyl (C=O) groups is 2. The highest BCUT2D eigenvalue weighted by Crippen LogP contribution is 2.26. The molecule has 5 nitrogen and oxygen atoms in total. The normalized spacial score (nSPS) is 10.3. The second-order valence-electron chi connectivity index (χ2n) is 6.96. The Balaban J connectivity index is 1.74. The van der Waals surface area contributed by atoms with E-state index in [-0.39, 0.29) is 11.8 Å². The van der Waals surface area contributed by atoms with E-state index in [0.29, 0.717) is 22.6 Å². The number of ether oxygens (including phenoxy) is 1. The second kappa shape index (κ2) is 8.61. The molecule has 3 aromatic carbocycles. The first-order valence-electron chi connectivity index (χ1n) is 9.32. The molecule has 0 saturated carbocycles. The summed E-state index contributed by atoms with van der Waals surface area (Å²) in [5.41, 5.74) is 5.37. The number of benzene rings is 3. The van der Waals surface area contributed by atoms with Gasteiger partial charge in [0.1, 0.15) is 5.75 Å². The molecule has 5 heteroatoms. The van der Waals surface area contributed by atoms with Crippen LogP contribution in [0.3, 0.4) is 0 Å². The van der Waals surface area contributed by atoms with Gasteiger partial charge >= 0.3 is 0 Å². The third-order valence-electron chi connectivity index (χ3n) is 4.73. The Morgan fingerprint density at radius 2 is 1.31 bits per heavy atom. The van der Waals surface area contributed by atoms with Crippen molar-refractivity contribution in [1.29, 1.82) is 0 Å². The molecule has 148 valence electrons. The molecular formula is C24H24N2O3. The van der Waals surface area contributed by atoms with Gasteiger partial charge in [0.2, 0.25) is 0 Å². The fourth-order valence-corrected chi connectivity index (χ4v) is 3.08. The maximum Gasteiger partial charge on any atom is 0.255 e. The number of rotatable bonds is 5. The predicted octanol–water partition coefficient (Wildman–Crippen LogP) is 5.13. The molecule has 3 rings (SSSR count). The van der Waals surface area contributed by atoms with Gasteiger partial charge in [0.15, 0.2) is 0 Å². The molecule has 0 heterocycles. The Labute approximate surface area is 170 Å². The van der Waals surface area contributed by atoms with E-state index in [1.165, 1.54) is 0 Å². The van der Waals surface area contributed by atoms with E-state index in [0.717, 1.165) is 22.4 Å². The van der Waals surface area contributed by atoms with E-state index in [1.807, 2.05) is 57.2 Å². The van der Waals surface area contributed by atoms with Crippen LogP contribution in [0.15, 0.2) is 60.7 Å². The van der Waals surface area contributed by atoms with Crippen molar-refractivity contribution in [3.63, 3.8) is 0 Å². The van der Waals surface area contributed by atoms with Crippen molar-refractivity contribution in [1.82, 2.24) is 0 Å². The zero-order chi connectivity index (χ0) is 21.0. The molecule has 2 N–H and O–H groups in total. The molecular weight excluding hydrogens is 364 g/mol. The molecule has 0 radical (unpaired) electrons. The van der Waals surface area contributed by atoms with Gasteiger partial charge in [0.05, 0.1) is 12.8 Å². The fourth-order valence-electron chi connectivity index (χ4n) is 3.08. The maximum absolute atomic E-state index is 12.6. The van der Waals surface area contributed by atoms with E-state index in [9.17, 15) is 9.59 Å². The Morgan fingerprint density at radius 1 is 0.759 bits per heavy atom. The second-order valence-corrected chi connectivity index (χ2v) is 6.96. The lowest BCUT2D eigenvalue weighted by atomic mass is 10.1. The van der Waals surface area contributed by atoms with E-state index >= 15 is 0 Å². The minimum Gasteiger partial charge on any atom is -0.495 e. The number of carbonyl (C=O) groups excluding carboxylic acids is 2. The highest BCUT2D eigenvalue weighted by Gasteiger charge is 2.13. The lowest BCUT2D eigenvalue weighted by Crippen LogP contribution is -2.15. The number of amides is 2. The van der Waals surface area contributed by atoms with E-state index in [1.54, 1.807) is 31.4 Å². The minimum atomic E-state index is -0.268. The first kappa shape index (κ1) is 20.1. The molecule has 0 aliphatic heterocycles. The Kier molecular flexibility index (Phi) is 5.98. The van der Waals surface area contributed by atoms with E-state index < -0.39 is 0 Å². The number of hydrogen-bond donors (Lipinski definition) is 2. The van der Waals surface area contributed by atoms with Crippen LogP contribution in [0.4, 0.5) is 11.4 Å². The summed E-state index contributed by atoms with van der Waals surface area (Å²) >= 11 is 0. The van der Waals surface area contributed by atoms with Crippen LogP contribution < -0.4 is 15.4 Å². The predicted molar refractivity (Wildman–Crippen MR) is 116 cm³/mol. The van der Waals surface area contributed by atoms with E-state index in [2.05, 4.69) is 10.6 Å². The minimum absolute atomic E-state index is 0.213. The Hall–Kier alpha value is -3.60. The summed E-state index contributed by atoms with van der Waals surface area (Å²) in [4.78, 5) is 25.2. The van der Waals surface area contributed by atoms with Gasteiger partial charge in [0, 0.05) is 16.8 Å². The van der Waals surface area contributed by atoms with Crippen LogP contribution in [0.25, 0.3) is 0 Å². The van der Waals surface area contributed by atoms with Crippen molar-refractivity contribution in [3.05, 3.63) is 88.5 Å². The zero-order valence-corrected chi connectivity index (χ0v) is 17.0. The number of methoxy groups -OCH3 is 1. The molecule has 0 aliphatic carbocycles. The number of nitrogens with one attached hydrogen (secondary N) is 2. The van der Waals surface area contributed by atoms with Crippen molar-refractivity contribution in [3.8, 4) is 5.75 Å². The molecule has 0 fully saturated rings. The summed E-state index contributed by atoms with van der Waals surface area (Å²) in [6.07, 6.45) is 0. The van der Waals surface area contributed by atoms with Crippen molar-refractivity contribution in [2.24, 2.45) is 0 Å². The monoisotopic (exact) mass is 388 g/mol. The topological polar surface area (TPSA) is 67.4 Å². The Morgan fingerprint density at radius 3 is 1.86 bits per heavy atom. The van der Waals surface area contributed by atoms with Crippen LogP contribution in [0.5, 0.6) is 5.75 Å². The largest absolute Gasteiger partial charge is 0.495 e. The van der Waals surface area contributed by atoms with Gasteiger partial charge in [0.25, 0.3) is 11.8 Å². The highest BCUT2D eigenvalue weighted by atomic mass is 16.5. The van der Waals surface area contributed by atoms with Crippen LogP contribution in [0.2, 0.25) is 0 Å². The van der Waals surface area contributed by atoms with Crippen LogP contribution in [0, 0.1) is 20.8 Å². The molecule has 0 unspecified atom stereocenters. The first-order chi connectivity index (χ1) is 13.9. The quantitative estimate of drug-likeness (QED) is 0.637. The summed E-state index contributed by atoms with van der Waals surface area (Å²) < 4.78 is 5.30. The fraction of sp³-hybridized carbons (Fsp3) is 0.167. The third kappa shape index (κ3) is 4.63. The van der Waals surface area contributed by atoms with Gasteiger partial charge in [-0.1, -0.05) is 24.3 Å². The van der Waals surface area contributed by atoms with Gasteiger partial charge in [-0.25, -0.2) is 0 Å². The molecule has 0 spiro atoms. The first-order valence-corrected chi connectivity index (χ1v) is 9.32. The van der Waals surface area contributed by atoms with Crippen molar-refractivity contribution in [2.75, 3.05) is 17.7 Å². The van der Waals surface area contributed by atoms with Crippen molar-refractivity contribution >= 4 is 23.2 Å². The summed E-state index contributed by atoms with van der Waals surface area (Å²) in [7, 11) is 1.56. The number of hydrogen-bond acceptors (Lipinski definition) is 3. The van der Waals surface area contributed by atoms with Gasteiger partial charge in [-0.2, -0.15) is 0 Å². The molecule has 0 aromatic heterocycles. The molecule has 2 amide bonds. The third-order valence-corrected chi connectivity index (χ3v) is 4.73. The number of para-hydroxylation sites is 1. The molecule has 0 aliphatic rings. The van der Waals surface area contributed by atoms with Crippen molar-refractivity contribution < 1.29 is 14.3 Å². The zero-order valence-electron chi connectivity index (χ0n) is 17.0. The van der Waals surface area contributed by atoms with Gasteiger partial charge in [-0.15, -0.1) is 0 Å². The molecule has 0 saturated heterocycles. The smallest absolute Gasteiger partial charge is 0.255 e. The van der Waals surface area contributed by atoms with Crippen LogP contribution >= 0.6 is 0 Å². The maximum atomic E-state index is 12.6. The summed E-state index contributed by atoms with van der Waals surface area (Å²) in [5.74, 6) is 0.110. The van der Waals surface area contributed by atoms with Gasteiger partial charge in [-0.3, -0.25) is 9.59 Å². The standard InChI is InChI=1S/C24H24N2O3/c1-15-8-13-21(29-4)20(14-15)25-23(27)18-9-11-19(12-10-18)24(28)26-22-16(2)6-5-7-17(22)3/h5-14H,1-4H3,(H,25,27)(H,26,28). The van der Waals surface area contributed by atoms with Crippen LogP contribution in [-0.2, 0) is 0 Å². The average Bonchev–Trinajstić information content (AvgIpc) is 2.71. The van der Waals surface area contributed by atoms with Crippen molar-refractivity contribution in [2.45, 2.75) is 20.8 Å². The molecule has 29 heavy (non-hydrogen) atoms. The molecule has 0 bridgehead atoms. The lowest BCUT2D eigenvalue weighted by molar-refractivity contribution is 0.101. The Bertz CT molecular complexity index is 1040. The summed E-state index contributed by atoms with van der Waals surface area (Å²) in [6, 6.07) is 18.0. The van der Waals surface area contributed by atoms with Crippen LogP contribution in [-0.4, -0.2) is 18.9 Å². The average molecular weight is 388 g/mol. The molecule has 3 aromatic rings. The highest BCUT2D eigenvalue weighted by molar-refractivity contribution is 6.08. The van der Waals surface area contributed by atoms with Crippen LogP contribution in [0.1, 0.15) is 37.4 Å². The molecule has 0 atom stereocenters. The van der Waals surface area contributed by atoms with Gasteiger partial charge < -0.3 is 15.4 Å². The SMILES string of the molecule is COc1ccc(C)cc1NC(=O)c1ccc(C(=O)Nc2c(C)cccc2C)cc1.